The fourth-order valence-corrected chi connectivity index (χ4v) is 5.30. The molecule has 2 aromatic heterocycles. The smallest absolute Gasteiger partial charge is 0.410 e. The van der Waals surface area contributed by atoms with Crippen LogP contribution in [0.15, 0.2) is 55.1 Å². The molecule has 5 rings (SSSR count). The molecular formula is C29H34ClN5O4. The SMILES string of the molecule is CC(C)(C)OC(=O)N1CCOC2(CCN(C(=O)Cn3cnc(-c4ccc(Cl)cc4)c3-c3ccncc3)CC2)C1. The predicted molar refractivity (Wildman–Crippen MR) is 148 cm³/mol. The minimum atomic E-state index is -0.547. The second-order valence-electron chi connectivity index (χ2n) is 11.1. The van der Waals surface area contributed by atoms with Crippen molar-refractivity contribution in [3.63, 3.8) is 0 Å². The van der Waals surface area contributed by atoms with Crippen molar-refractivity contribution in [2.45, 2.75) is 51.4 Å². The number of hydrogen-bond acceptors (Lipinski definition) is 6. The summed E-state index contributed by atoms with van der Waals surface area (Å²) in [5.74, 6) is 0.0139. The highest BCUT2D eigenvalue weighted by molar-refractivity contribution is 6.30. The van der Waals surface area contributed by atoms with Gasteiger partial charge in [0.2, 0.25) is 5.91 Å². The molecule has 39 heavy (non-hydrogen) atoms. The molecule has 0 radical (unpaired) electrons. The lowest BCUT2D eigenvalue weighted by Crippen LogP contribution is -2.59. The number of amides is 2. The van der Waals surface area contributed by atoms with Gasteiger partial charge in [-0.1, -0.05) is 23.7 Å². The molecular weight excluding hydrogens is 518 g/mol. The number of pyridine rings is 1. The van der Waals surface area contributed by atoms with E-state index in [0.29, 0.717) is 50.7 Å². The Hall–Kier alpha value is -3.43. The molecule has 0 unspecified atom stereocenters. The molecule has 0 N–H and O–H groups in total. The lowest BCUT2D eigenvalue weighted by molar-refractivity contribution is -0.149. The van der Waals surface area contributed by atoms with Gasteiger partial charge in [-0.25, -0.2) is 9.78 Å². The molecule has 206 valence electrons. The van der Waals surface area contributed by atoms with Crippen LogP contribution in [0.4, 0.5) is 4.79 Å². The van der Waals surface area contributed by atoms with Crippen molar-refractivity contribution in [2.24, 2.45) is 0 Å². The number of carbonyl (C=O) groups is 2. The van der Waals surface area contributed by atoms with E-state index in [4.69, 9.17) is 21.1 Å². The van der Waals surface area contributed by atoms with E-state index in [1.165, 1.54) is 0 Å². The predicted octanol–water partition coefficient (Wildman–Crippen LogP) is 4.89. The maximum absolute atomic E-state index is 13.5. The molecule has 2 aliphatic rings. The number of aromatic nitrogens is 3. The largest absolute Gasteiger partial charge is 0.444 e. The quantitative estimate of drug-likeness (QED) is 0.458. The van der Waals surface area contributed by atoms with Crippen molar-refractivity contribution in [1.82, 2.24) is 24.3 Å². The second-order valence-corrected chi connectivity index (χ2v) is 11.6. The maximum atomic E-state index is 13.5. The van der Waals surface area contributed by atoms with E-state index in [0.717, 1.165) is 22.5 Å². The van der Waals surface area contributed by atoms with Gasteiger partial charge >= 0.3 is 6.09 Å². The average Bonchev–Trinajstić information content (AvgIpc) is 3.32. The number of nitrogens with zero attached hydrogens (tertiary/aromatic N) is 5. The van der Waals surface area contributed by atoms with Gasteiger partial charge in [0.1, 0.15) is 12.1 Å². The van der Waals surface area contributed by atoms with Gasteiger partial charge in [0, 0.05) is 48.2 Å². The first-order valence-electron chi connectivity index (χ1n) is 13.2. The van der Waals surface area contributed by atoms with Gasteiger partial charge < -0.3 is 23.8 Å². The summed E-state index contributed by atoms with van der Waals surface area (Å²) in [5, 5.41) is 0.651. The van der Waals surface area contributed by atoms with Crippen LogP contribution in [0.5, 0.6) is 0 Å². The number of carbonyl (C=O) groups excluding carboxylic acids is 2. The molecule has 0 atom stereocenters. The first-order valence-corrected chi connectivity index (χ1v) is 13.6. The zero-order valence-electron chi connectivity index (χ0n) is 22.6. The Labute approximate surface area is 233 Å². The number of ether oxygens (including phenoxy) is 2. The summed E-state index contributed by atoms with van der Waals surface area (Å²) in [6, 6.07) is 11.3. The lowest BCUT2D eigenvalue weighted by atomic mass is 9.89. The Bertz CT molecular complexity index is 1310. The van der Waals surface area contributed by atoms with Gasteiger partial charge in [-0.15, -0.1) is 0 Å². The Balaban J connectivity index is 1.28. The summed E-state index contributed by atoms with van der Waals surface area (Å²) in [6.45, 7) is 8.32. The normalized spacial score (nSPS) is 17.3. The van der Waals surface area contributed by atoms with Gasteiger partial charge in [-0.2, -0.15) is 0 Å². The molecule has 2 fully saturated rings. The molecule has 10 heteroatoms. The summed E-state index contributed by atoms with van der Waals surface area (Å²) < 4.78 is 13.7. The number of rotatable bonds is 4. The molecule has 0 aliphatic carbocycles. The molecule has 4 heterocycles. The van der Waals surface area contributed by atoms with Gasteiger partial charge in [0.05, 0.1) is 36.5 Å². The van der Waals surface area contributed by atoms with E-state index in [1.54, 1.807) is 23.6 Å². The van der Waals surface area contributed by atoms with Crippen molar-refractivity contribution in [1.29, 1.82) is 0 Å². The average molecular weight is 552 g/mol. The van der Waals surface area contributed by atoms with Crippen LogP contribution in [0.2, 0.25) is 5.02 Å². The van der Waals surface area contributed by atoms with Gasteiger partial charge in [0.15, 0.2) is 0 Å². The summed E-state index contributed by atoms with van der Waals surface area (Å²) in [6.07, 6.45) is 6.18. The molecule has 0 bridgehead atoms. The van der Waals surface area contributed by atoms with E-state index in [-0.39, 0.29) is 18.5 Å². The highest BCUT2D eigenvalue weighted by atomic mass is 35.5. The number of piperidine rings is 1. The monoisotopic (exact) mass is 551 g/mol. The minimum Gasteiger partial charge on any atom is -0.444 e. The van der Waals surface area contributed by atoms with Crippen LogP contribution in [0, 0.1) is 0 Å². The number of benzene rings is 1. The Morgan fingerprint density at radius 2 is 1.69 bits per heavy atom. The number of hydrogen-bond donors (Lipinski definition) is 0. The number of halogens is 1. The van der Waals surface area contributed by atoms with E-state index in [1.807, 2.05) is 66.6 Å². The fraction of sp³-hybridized carbons (Fsp3) is 0.448. The van der Waals surface area contributed by atoms with E-state index in [2.05, 4.69) is 9.97 Å². The number of morpholine rings is 1. The van der Waals surface area contributed by atoms with Crippen LogP contribution in [-0.2, 0) is 20.8 Å². The third kappa shape index (κ3) is 6.25. The van der Waals surface area contributed by atoms with E-state index in [9.17, 15) is 9.59 Å². The van der Waals surface area contributed by atoms with Crippen LogP contribution in [-0.4, -0.2) is 80.3 Å². The van der Waals surface area contributed by atoms with Gasteiger partial charge in [-0.05, 0) is 57.9 Å². The molecule has 3 aromatic rings. The highest BCUT2D eigenvalue weighted by Gasteiger charge is 2.42. The highest BCUT2D eigenvalue weighted by Crippen LogP contribution is 2.33. The molecule has 1 spiro atoms. The van der Waals surface area contributed by atoms with Crippen molar-refractivity contribution < 1.29 is 19.1 Å². The van der Waals surface area contributed by atoms with Crippen molar-refractivity contribution in [2.75, 3.05) is 32.8 Å². The molecule has 2 amide bonds. The molecule has 2 aliphatic heterocycles. The fourth-order valence-electron chi connectivity index (χ4n) is 5.17. The van der Waals surface area contributed by atoms with Crippen LogP contribution in [0.1, 0.15) is 33.6 Å². The van der Waals surface area contributed by atoms with Gasteiger partial charge in [0.25, 0.3) is 0 Å². The van der Waals surface area contributed by atoms with Crippen LogP contribution >= 0.6 is 11.6 Å². The third-order valence-corrected chi connectivity index (χ3v) is 7.39. The Kier molecular flexibility index (Phi) is 7.64. The van der Waals surface area contributed by atoms with Crippen molar-refractivity contribution in [3.05, 3.63) is 60.1 Å². The van der Waals surface area contributed by atoms with Gasteiger partial charge in [-0.3, -0.25) is 9.78 Å². The molecule has 9 nitrogen and oxygen atoms in total. The zero-order chi connectivity index (χ0) is 27.6. The molecule has 1 aromatic carbocycles. The van der Waals surface area contributed by atoms with Crippen molar-refractivity contribution >= 4 is 23.6 Å². The van der Waals surface area contributed by atoms with E-state index < -0.39 is 11.2 Å². The minimum absolute atomic E-state index is 0.0139. The summed E-state index contributed by atoms with van der Waals surface area (Å²) in [4.78, 5) is 38.5. The van der Waals surface area contributed by atoms with Crippen LogP contribution in [0.3, 0.4) is 0 Å². The zero-order valence-corrected chi connectivity index (χ0v) is 23.4. The van der Waals surface area contributed by atoms with Crippen LogP contribution < -0.4 is 0 Å². The first-order chi connectivity index (χ1) is 18.6. The Morgan fingerprint density at radius 3 is 2.36 bits per heavy atom. The second kappa shape index (κ2) is 11.0. The van der Waals surface area contributed by atoms with Crippen molar-refractivity contribution in [3.8, 4) is 22.5 Å². The summed E-state index contributed by atoms with van der Waals surface area (Å²) in [5.41, 5.74) is 2.47. The maximum Gasteiger partial charge on any atom is 0.410 e. The topological polar surface area (TPSA) is 89.8 Å². The van der Waals surface area contributed by atoms with E-state index >= 15 is 0 Å². The summed E-state index contributed by atoms with van der Waals surface area (Å²) in [7, 11) is 0. The lowest BCUT2D eigenvalue weighted by Gasteiger charge is -2.47. The standard InChI is InChI=1S/C29H34ClN5O4/c1-28(2,3)39-27(37)34-16-17-38-29(19-34)10-14-33(15-11-29)24(36)18-35-20-32-25(21-4-6-23(30)7-5-21)26(35)22-8-12-31-13-9-22/h4-9,12-13,20H,10-11,14-19H2,1-3H3. The third-order valence-electron chi connectivity index (χ3n) is 7.14. The molecule has 0 saturated carbocycles. The Morgan fingerprint density at radius 1 is 1.00 bits per heavy atom. The first kappa shape index (κ1) is 27.1. The number of likely N-dealkylation sites (tertiary alicyclic amines) is 1. The summed E-state index contributed by atoms with van der Waals surface area (Å²) >= 11 is 6.10. The number of imidazole rings is 1. The molecule has 2 saturated heterocycles. The van der Waals surface area contributed by atoms with Crippen LogP contribution in [0.25, 0.3) is 22.5 Å².